The summed E-state index contributed by atoms with van der Waals surface area (Å²) in [5.74, 6) is -1.93. The maximum Gasteiger partial charge on any atom is 0.338 e. The minimum atomic E-state index is -0.814. The molecule has 0 aliphatic rings. The summed E-state index contributed by atoms with van der Waals surface area (Å²) in [7, 11) is 1.13. The summed E-state index contributed by atoms with van der Waals surface area (Å²) < 4.78 is 19.3. The van der Waals surface area contributed by atoms with Crippen molar-refractivity contribution < 1.29 is 23.6 Å². The summed E-state index contributed by atoms with van der Waals surface area (Å²) in [6.07, 6.45) is 1.45. The number of ether oxygens (including phenoxy) is 1. The first-order chi connectivity index (χ1) is 13.3. The van der Waals surface area contributed by atoms with Crippen LogP contribution in [0.5, 0.6) is 0 Å². The molecule has 0 heterocycles. The van der Waals surface area contributed by atoms with Crippen LogP contribution >= 0.6 is 15.9 Å². The van der Waals surface area contributed by atoms with Gasteiger partial charge in [0.05, 0.1) is 17.6 Å². The lowest BCUT2D eigenvalue weighted by molar-refractivity contribution is -0.384. The van der Waals surface area contributed by atoms with Crippen molar-refractivity contribution in [1.82, 2.24) is 4.90 Å². The predicted octanol–water partition coefficient (Wildman–Crippen LogP) is 4.11. The number of hydrogen-bond acceptors (Lipinski definition) is 5. The Balaban J connectivity index is 2.45. The number of esters is 1. The van der Waals surface area contributed by atoms with Crippen LogP contribution in [0.25, 0.3) is 0 Å². The molecule has 0 N–H and O–H groups in total. The molecule has 0 radical (unpaired) electrons. The second-order valence-electron chi connectivity index (χ2n) is 5.73. The van der Waals surface area contributed by atoms with Gasteiger partial charge in [0.1, 0.15) is 5.82 Å². The quantitative estimate of drug-likeness (QED) is 0.274. The van der Waals surface area contributed by atoms with Gasteiger partial charge in [0, 0.05) is 40.8 Å². The summed E-state index contributed by atoms with van der Waals surface area (Å²) >= 11 is 3.25. The maximum atomic E-state index is 14.1. The second-order valence-corrected chi connectivity index (χ2v) is 6.64. The van der Waals surface area contributed by atoms with E-state index in [0.717, 1.165) is 19.2 Å². The standard InChI is InChI=1S/C19H16BrFN2O5/c1-3-6-22(11-14-8-15(20)4-5-17(14)21)18(24)12-7-13(19(25)28-2)10-16(9-12)23(26)27/h3-5,7-10H,1,6,11H2,2H3. The van der Waals surface area contributed by atoms with Crippen molar-refractivity contribution in [1.29, 1.82) is 0 Å². The lowest BCUT2D eigenvalue weighted by Crippen LogP contribution is -2.31. The first-order valence-corrected chi connectivity index (χ1v) is 8.78. The van der Waals surface area contributed by atoms with Gasteiger partial charge < -0.3 is 9.64 Å². The normalized spacial score (nSPS) is 10.2. The molecule has 0 spiro atoms. The lowest BCUT2D eigenvalue weighted by atomic mass is 10.1. The number of carbonyl (C=O) groups excluding carboxylic acids is 2. The fraction of sp³-hybridized carbons (Fsp3) is 0.158. The summed E-state index contributed by atoms with van der Waals surface area (Å²) in [4.78, 5) is 36.4. The molecule has 0 fully saturated rings. The number of hydrogen-bond donors (Lipinski definition) is 0. The van der Waals surface area contributed by atoms with E-state index < -0.39 is 28.3 Å². The molecule has 0 aliphatic heterocycles. The molecular weight excluding hydrogens is 435 g/mol. The van der Waals surface area contributed by atoms with Crippen LogP contribution in [0.3, 0.4) is 0 Å². The highest BCUT2D eigenvalue weighted by atomic mass is 79.9. The topological polar surface area (TPSA) is 89.8 Å². The van der Waals surface area contributed by atoms with Gasteiger partial charge in [-0.1, -0.05) is 22.0 Å². The largest absolute Gasteiger partial charge is 0.465 e. The molecule has 146 valence electrons. The monoisotopic (exact) mass is 450 g/mol. The molecule has 2 rings (SSSR count). The van der Waals surface area contributed by atoms with Crippen LogP contribution in [0.4, 0.5) is 10.1 Å². The predicted molar refractivity (Wildman–Crippen MR) is 103 cm³/mol. The van der Waals surface area contributed by atoms with Crippen molar-refractivity contribution in [2.75, 3.05) is 13.7 Å². The summed E-state index contributed by atoms with van der Waals surface area (Å²) in [5.41, 5.74) is -0.402. The number of benzene rings is 2. The van der Waals surface area contributed by atoms with Crippen molar-refractivity contribution in [3.63, 3.8) is 0 Å². The fourth-order valence-corrected chi connectivity index (χ4v) is 2.91. The van der Waals surface area contributed by atoms with E-state index in [1.807, 2.05) is 0 Å². The molecule has 0 atom stereocenters. The summed E-state index contributed by atoms with van der Waals surface area (Å²) in [6, 6.07) is 7.61. The molecule has 2 aromatic carbocycles. The van der Waals surface area contributed by atoms with E-state index >= 15 is 0 Å². The number of amides is 1. The van der Waals surface area contributed by atoms with Gasteiger partial charge in [0.25, 0.3) is 11.6 Å². The van der Waals surface area contributed by atoms with Gasteiger partial charge in [0.15, 0.2) is 0 Å². The smallest absolute Gasteiger partial charge is 0.338 e. The van der Waals surface area contributed by atoms with Gasteiger partial charge in [-0.3, -0.25) is 14.9 Å². The van der Waals surface area contributed by atoms with Crippen LogP contribution in [0.1, 0.15) is 26.3 Å². The average Bonchev–Trinajstić information content (AvgIpc) is 2.68. The van der Waals surface area contributed by atoms with Gasteiger partial charge in [-0.2, -0.15) is 0 Å². The zero-order valence-corrected chi connectivity index (χ0v) is 16.4. The van der Waals surface area contributed by atoms with Crippen molar-refractivity contribution in [2.45, 2.75) is 6.54 Å². The number of nitrogens with zero attached hydrogens (tertiary/aromatic N) is 2. The highest BCUT2D eigenvalue weighted by Gasteiger charge is 2.22. The van der Waals surface area contributed by atoms with E-state index in [0.29, 0.717) is 4.47 Å². The van der Waals surface area contributed by atoms with Gasteiger partial charge >= 0.3 is 5.97 Å². The molecule has 0 bridgehead atoms. The zero-order chi connectivity index (χ0) is 20.8. The molecular formula is C19H16BrFN2O5. The van der Waals surface area contributed by atoms with E-state index in [2.05, 4.69) is 27.2 Å². The van der Waals surface area contributed by atoms with E-state index in [1.165, 1.54) is 35.2 Å². The molecule has 28 heavy (non-hydrogen) atoms. The maximum absolute atomic E-state index is 14.1. The van der Waals surface area contributed by atoms with Crippen LogP contribution in [0, 0.1) is 15.9 Å². The van der Waals surface area contributed by atoms with Crippen LogP contribution < -0.4 is 0 Å². The van der Waals surface area contributed by atoms with Gasteiger partial charge in [-0.05, 0) is 24.3 Å². The Morgan fingerprint density at radius 2 is 1.96 bits per heavy atom. The molecule has 0 unspecified atom stereocenters. The Labute approximate surface area is 168 Å². The number of halogens is 2. The van der Waals surface area contributed by atoms with Crippen LogP contribution in [0.15, 0.2) is 53.5 Å². The third-order valence-electron chi connectivity index (χ3n) is 3.80. The molecule has 0 saturated carbocycles. The minimum Gasteiger partial charge on any atom is -0.465 e. The first-order valence-electron chi connectivity index (χ1n) is 7.98. The second kappa shape index (κ2) is 9.23. The van der Waals surface area contributed by atoms with E-state index in [1.54, 1.807) is 0 Å². The number of non-ortho nitro benzene ring substituents is 1. The Morgan fingerprint density at radius 3 is 2.57 bits per heavy atom. The van der Waals surface area contributed by atoms with Crippen LogP contribution in [0.2, 0.25) is 0 Å². The Kier molecular flexibility index (Phi) is 7.00. The number of rotatable bonds is 7. The lowest BCUT2D eigenvalue weighted by Gasteiger charge is -2.22. The van der Waals surface area contributed by atoms with Crippen LogP contribution in [-0.4, -0.2) is 35.4 Å². The average molecular weight is 451 g/mol. The van der Waals surface area contributed by atoms with E-state index in [9.17, 15) is 24.1 Å². The Hall–Kier alpha value is -3.07. The molecule has 0 saturated heterocycles. The highest BCUT2D eigenvalue weighted by Crippen LogP contribution is 2.22. The van der Waals surface area contributed by atoms with Crippen molar-refractivity contribution in [3.05, 3.63) is 86.1 Å². The van der Waals surface area contributed by atoms with Gasteiger partial charge in [-0.15, -0.1) is 6.58 Å². The molecule has 1 amide bonds. The molecule has 0 aliphatic carbocycles. The summed E-state index contributed by atoms with van der Waals surface area (Å²) in [5, 5.41) is 11.2. The molecule has 7 nitrogen and oxygen atoms in total. The van der Waals surface area contributed by atoms with Gasteiger partial charge in [0.2, 0.25) is 0 Å². The number of methoxy groups -OCH3 is 1. The van der Waals surface area contributed by atoms with E-state index in [-0.39, 0.29) is 29.8 Å². The first kappa shape index (κ1) is 21.2. The molecule has 9 heteroatoms. The Morgan fingerprint density at radius 1 is 1.29 bits per heavy atom. The number of carbonyl (C=O) groups is 2. The molecule has 0 aromatic heterocycles. The highest BCUT2D eigenvalue weighted by molar-refractivity contribution is 9.10. The summed E-state index contributed by atoms with van der Waals surface area (Å²) in [6.45, 7) is 3.56. The zero-order valence-electron chi connectivity index (χ0n) is 14.9. The van der Waals surface area contributed by atoms with E-state index in [4.69, 9.17) is 0 Å². The number of nitro benzene ring substituents is 1. The van der Waals surface area contributed by atoms with Crippen LogP contribution in [-0.2, 0) is 11.3 Å². The Bertz CT molecular complexity index is 948. The molecule has 2 aromatic rings. The minimum absolute atomic E-state index is 0.0705. The van der Waals surface area contributed by atoms with Crippen molar-refractivity contribution in [3.8, 4) is 0 Å². The SMILES string of the molecule is C=CCN(Cc1cc(Br)ccc1F)C(=O)c1cc(C(=O)OC)cc([N+](=O)[O-])c1. The number of nitro groups is 1. The van der Waals surface area contributed by atoms with Gasteiger partial charge in [-0.25, -0.2) is 9.18 Å². The third kappa shape index (κ3) is 5.01. The van der Waals surface area contributed by atoms with Crippen molar-refractivity contribution in [2.24, 2.45) is 0 Å². The third-order valence-corrected chi connectivity index (χ3v) is 4.30. The fourth-order valence-electron chi connectivity index (χ4n) is 2.50. The van der Waals surface area contributed by atoms with Crippen molar-refractivity contribution >= 4 is 33.5 Å².